The summed E-state index contributed by atoms with van der Waals surface area (Å²) < 4.78 is 2.55. The Hall–Kier alpha value is -2.20. The van der Waals surface area contributed by atoms with Crippen molar-refractivity contribution in [3.05, 3.63) is 39.9 Å². The first-order valence-corrected chi connectivity index (χ1v) is 12.1. The number of halogens is 1. The van der Waals surface area contributed by atoms with Gasteiger partial charge in [0.15, 0.2) is 5.65 Å². The van der Waals surface area contributed by atoms with Crippen molar-refractivity contribution in [2.45, 2.75) is 57.4 Å². The molecule has 1 aliphatic carbocycles. The number of imidazole rings is 1. The number of rotatable bonds is 8. The highest BCUT2D eigenvalue weighted by Gasteiger charge is 2.46. The molecule has 0 aliphatic heterocycles. The Balaban J connectivity index is 1.57. The van der Waals surface area contributed by atoms with E-state index in [-0.39, 0.29) is 11.9 Å². The molecule has 1 amide bonds. The molecule has 0 saturated heterocycles. The van der Waals surface area contributed by atoms with Crippen LogP contribution in [0.4, 0.5) is 5.69 Å². The van der Waals surface area contributed by atoms with Gasteiger partial charge in [0, 0.05) is 30.1 Å². The SMILES string of the molecule is CCNC(=O)C1CC(n2cnc3c(NC(CC)Cc4ccc(Cl)s4)ccnc32)C(O)C1O. The molecule has 5 unspecified atom stereocenters. The topological polar surface area (TPSA) is 112 Å². The van der Waals surface area contributed by atoms with E-state index in [1.165, 1.54) is 4.88 Å². The van der Waals surface area contributed by atoms with Crippen LogP contribution in [0.25, 0.3) is 11.2 Å². The summed E-state index contributed by atoms with van der Waals surface area (Å²) >= 11 is 7.66. The van der Waals surface area contributed by atoms with Gasteiger partial charge in [-0.3, -0.25) is 4.79 Å². The second-order valence-corrected chi connectivity index (χ2v) is 9.93. The molecule has 1 fully saturated rings. The number of pyridine rings is 1. The molecule has 4 rings (SSSR count). The number of anilines is 1. The smallest absolute Gasteiger partial charge is 0.225 e. The van der Waals surface area contributed by atoms with Crippen LogP contribution < -0.4 is 10.6 Å². The number of amides is 1. The summed E-state index contributed by atoms with van der Waals surface area (Å²) in [6, 6.07) is 5.56. The molecule has 3 heterocycles. The molecule has 32 heavy (non-hydrogen) atoms. The first-order valence-electron chi connectivity index (χ1n) is 10.9. The maximum absolute atomic E-state index is 12.3. The maximum Gasteiger partial charge on any atom is 0.225 e. The molecule has 172 valence electrons. The summed E-state index contributed by atoms with van der Waals surface area (Å²) in [7, 11) is 0. The number of hydrogen-bond acceptors (Lipinski definition) is 7. The number of aromatic nitrogens is 3. The molecular formula is C22H28ClN5O3S. The number of aliphatic hydroxyl groups excluding tert-OH is 2. The minimum absolute atomic E-state index is 0.196. The van der Waals surface area contributed by atoms with Gasteiger partial charge >= 0.3 is 0 Å². The number of nitrogens with zero attached hydrogens (tertiary/aromatic N) is 3. The van der Waals surface area contributed by atoms with E-state index in [1.807, 2.05) is 25.1 Å². The van der Waals surface area contributed by atoms with Gasteiger partial charge in [-0.2, -0.15) is 0 Å². The Morgan fingerprint density at radius 3 is 2.78 bits per heavy atom. The lowest BCUT2D eigenvalue weighted by Crippen LogP contribution is -2.38. The van der Waals surface area contributed by atoms with Gasteiger partial charge in [0.2, 0.25) is 5.91 Å². The van der Waals surface area contributed by atoms with Crippen LogP contribution in [-0.2, 0) is 11.2 Å². The Kier molecular flexibility index (Phi) is 6.99. The number of fused-ring (bicyclic) bond motifs is 1. The van der Waals surface area contributed by atoms with Gasteiger partial charge in [-0.25, -0.2) is 9.97 Å². The highest BCUT2D eigenvalue weighted by molar-refractivity contribution is 7.16. The van der Waals surface area contributed by atoms with Crippen molar-refractivity contribution in [2.24, 2.45) is 5.92 Å². The summed E-state index contributed by atoms with van der Waals surface area (Å²) in [6.07, 6.45) is 3.20. The van der Waals surface area contributed by atoms with E-state index in [2.05, 4.69) is 27.5 Å². The van der Waals surface area contributed by atoms with Gasteiger partial charge < -0.3 is 25.4 Å². The fourth-order valence-corrected chi connectivity index (χ4v) is 5.53. The van der Waals surface area contributed by atoms with Gasteiger partial charge in [0.25, 0.3) is 0 Å². The van der Waals surface area contributed by atoms with E-state index < -0.39 is 24.2 Å². The lowest BCUT2D eigenvalue weighted by atomic mass is 10.0. The summed E-state index contributed by atoms with van der Waals surface area (Å²) in [4.78, 5) is 22.6. The van der Waals surface area contributed by atoms with Gasteiger partial charge in [0.05, 0.1) is 34.4 Å². The molecule has 1 saturated carbocycles. The molecule has 5 atom stereocenters. The van der Waals surface area contributed by atoms with Crippen molar-refractivity contribution < 1.29 is 15.0 Å². The van der Waals surface area contributed by atoms with Crippen LogP contribution >= 0.6 is 22.9 Å². The molecule has 10 heteroatoms. The van der Waals surface area contributed by atoms with Crippen LogP contribution in [-0.4, -0.2) is 55.4 Å². The Bertz CT molecular complexity index is 1090. The molecule has 1 aliphatic rings. The molecule has 0 radical (unpaired) electrons. The van der Waals surface area contributed by atoms with E-state index >= 15 is 0 Å². The average Bonchev–Trinajstić information content (AvgIpc) is 3.46. The van der Waals surface area contributed by atoms with Crippen molar-refractivity contribution in [1.82, 2.24) is 19.9 Å². The van der Waals surface area contributed by atoms with Crippen molar-refractivity contribution in [2.75, 3.05) is 11.9 Å². The van der Waals surface area contributed by atoms with E-state index in [0.717, 1.165) is 22.9 Å². The number of aliphatic hydroxyl groups is 2. The first kappa shape index (κ1) is 23.0. The molecule has 3 aromatic rings. The predicted molar refractivity (Wildman–Crippen MR) is 126 cm³/mol. The van der Waals surface area contributed by atoms with Gasteiger partial charge in [-0.05, 0) is 38.0 Å². The van der Waals surface area contributed by atoms with Crippen LogP contribution in [0.15, 0.2) is 30.7 Å². The van der Waals surface area contributed by atoms with Crippen molar-refractivity contribution in [3.8, 4) is 0 Å². The van der Waals surface area contributed by atoms with Gasteiger partial charge in [-0.1, -0.05) is 18.5 Å². The van der Waals surface area contributed by atoms with Crippen LogP contribution in [0.2, 0.25) is 4.34 Å². The normalized spacial score (nSPS) is 24.0. The molecule has 0 aromatic carbocycles. The van der Waals surface area contributed by atoms with Crippen LogP contribution in [0, 0.1) is 5.92 Å². The molecule has 8 nitrogen and oxygen atoms in total. The number of carbonyl (C=O) groups excluding carboxylic acids is 1. The van der Waals surface area contributed by atoms with Crippen LogP contribution in [0.3, 0.4) is 0 Å². The third kappa shape index (κ3) is 4.47. The number of carbonyl (C=O) groups is 1. The van der Waals surface area contributed by atoms with Crippen molar-refractivity contribution >= 4 is 45.7 Å². The zero-order valence-corrected chi connectivity index (χ0v) is 19.6. The maximum atomic E-state index is 12.3. The van der Waals surface area contributed by atoms with E-state index in [0.29, 0.717) is 24.1 Å². The van der Waals surface area contributed by atoms with E-state index in [1.54, 1.807) is 28.4 Å². The number of hydrogen-bond donors (Lipinski definition) is 4. The molecule has 3 aromatic heterocycles. The van der Waals surface area contributed by atoms with Gasteiger partial charge in [-0.15, -0.1) is 11.3 Å². The lowest BCUT2D eigenvalue weighted by Gasteiger charge is -2.19. The Morgan fingerprint density at radius 1 is 1.28 bits per heavy atom. The van der Waals surface area contributed by atoms with Crippen LogP contribution in [0.5, 0.6) is 0 Å². The van der Waals surface area contributed by atoms with E-state index in [9.17, 15) is 15.0 Å². The molecule has 4 N–H and O–H groups in total. The quantitative estimate of drug-likeness (QED) is 0.397. The zero-order valence-electron chi connectivity index (χ0n) is 18.0. The van der Waals surface area contributed by atoms with Crippen molar-refractivity contribution in [1.29, 1.82) is 0 Å². The molecule has 0 bridgehead atoms. The Labute approximate surface area is 195 Å². The highest BCUT2D eigenvalue weighted by atomic mass is 35.5. The highest BCUT2D eigenvalue weighted by Crippen LogP contribution is 2.37. The fourth-order valence-electron chi connectivity index (χ4n) is 4.36. The summed E-state index contributed by atoms with van der Waals surface area (Å²) in [5, 5.41) is 27.4. The molecular weight excluding hydrogens is 450 g/mol. The minimum Gasteiger partial charge on any atom is -0.390 e. The molecule has 0 spiro atoms. The minimum atomic E-state index is -1.13. The predicted octanol–water partition coefficient (Wildman–Crippen LogP) is 3.00. The van der Waals surface area contributed by atoms with Crippen LogP contribution in [0.1, 0.15) is 37.6 Å². The monoisotopic (exact) mass is 477 g/mol. The average molecular weight is 478 g/mol. The lowest BCUT2D eigenvalue weighted by molar-refractivity contribution is -0.128. The largest absolute Gasteiger partial charge is 0.390 e. The number of thiophene rings is 1. The third-order valence-electron chi connectivity index (χ3n) is 6.09. The second-order valence-electron chi connectivity index (χ2n) is 8.13. The third-order valence-corrected chi connectivity index (χ3v) is 7.34. The van der Waals surface area contributed by atoms with Crippen molar-refractivity contribution in [3.63, 3.8) is 0 Å². The first-order chi connectivity index (χ1) is 15.4. The zero-order chi connectivity index (χ0) is 22.8. The summed E-state index contributed by atoms with van der Waals surface area (Å²) in [5.74, 6) is -0.920. The second kappa shape index (κ2) is 9.74. The summed E-state index contributed by atoms with van der Waals surface area (Å²) in [6.45, 7) is 4.43. The standard InChI is InChI=1S/C22H28ClN5O3S/c1-3-12(9-13-5-6-17(23)32-13)27-15-7-8-25-21-18(15)26-11-28(21)16-10-14(19(29)20(16)30)22(31)24-4-2/h5-8,11-12,14,16,19-20,29-30H,3-4,9-10H2,1-2H3,(H,24,31)(H,25,27). The summed E-state index contributed by atoms with van der Waals surface area (Å²) in [5.41, 5.74) is 2.16. The van der Waals surface area contributed by atoms with E-state index in [4.69, 9.17) is 11.6 Å². The number of nitrogens with one attached hydrogen (secondary N) is 2. The Morgan fingerprint density at radius 2 is 2.09 bits per heavy atom. The van der Waals surface area contributed by atoms with Gasteiger partial charge in [0.1, 0.15) is 11.6 Å². The fraction of sp³-hybridized carbons (Fsp3) is 0.500.